The Hall–Kier alpha value is -1.20. The number of carbonyl (C=O) groups is 1. The van der Waals surface area contributed by atoms with Crippen LogP contribution in [-0.4, -0.2) is 35.2 Å². The summed E-state index contributed by atoms with van der Waals surface area (Å²) < 4.78 is 0. The van der Waals surface area contributed by atoms with E-state index < -0.39 is 0 Å². The van der Waals surface area contributed by atoms with E-state index in [4.69, 9.17) is 10.8 Å². The minimum absolute atomic E-state index is 0.0103. The molecule has 1 amide bonds. The van der Waals surface area contributed by atoms with Gasteiger partial charge in [-0.15, -0.1) is 11.8 Å². The molecule has 4 nitrogen and oxygen atoms in total. The molecule has 1 saturated heterocycles. The first-order valence-corrected chi connectivity index (χ1v) is 7.17. The van der Waals surface area contributed by atoms with E-state index in [0.717, 1.165) is 18.6 Å². The Bertz CT molecular complexity index is 419. The zero-order valence-corrected chi connectivity index (χ0v) is 11.0. The van der Waals surface area contributed by atoms with Gasteiger partial charge < -0.3 is 15.7 Å². The van der Waals surface area contributed by atoms with Crippen molar-refractivity contribution in [1.29, 1.82) is 0 Å². The molecule has 0 aromatic heterocycles. The molecule has 1 aliphatic heterocycles. The van der Waals surface area contributed by atoms with Crippen molar-refractivity contribution in [1.82, 2.24) is 0 Å². The van der Waals surface area contributed by atoms with Gasteiger partial charge in [0.15, 0.2) is 0 Å². The topological polar surface area (TPSA) is 66.6 Å². The van der Waals surface area contributed by atoms with E-state index in [1.165, 1.54) is 0 Å². The summed E-state index contributed by atoms with van der Waals surface area (Å²) in [5.74, 6) is 1.10. The molecule has 1 aromatic rings. The molecular formula is C13H18N2O2S. The molecule has 1 aliphatic rings. The van der Waals surface area contributed by atoms with Crippen LogP contribution in [0.3, 0.4) is 0 Å². The lowest BCUT2D eigenvalue weighted by Gasteiger charge is -2.25. The van der Waals surface area contributed by atoms with Crippen LogP contribution in [0.2, 0.25) is 0 Å². The van der Waals surface area contributed by atoms with E-state index >= 15 is 0 Å². The summed E-state index contributed by atoms with van der Waals surface area (Å²) >= 11 is 1.69. The molecule has 0 saturated carbocycles. The van der Waals surface area contributed by atoms with Gasteiger partial charge in [0.25, 0.3) is 0 Å². The number of anilines is 2. The highest BCUT2D eigenvalue weighted by Gasteiger charge is 2.29. The van der Waals surface area contributed by atoms with Crippen LogP contribution < -0.4 is 10.6 Å². The van der Waals surface area contributed by atoms with Crippen LogP contribution in [0.1, 0.15) is 12.8 Å². The number of carbonyl (C=O) groups excluding carboxylic acids is 1. The van der Waals surface area contributed by atoms with Gasteiger partial charge in [0.1, 0.15) is 0 Å². The zero-order valence-electron chi connectivity index (χ0n) is 10.2. The molecule has 1 heterocycles. The van der Waals surface area contributed by atoms with Crippen LogP contribution >= 0.6 is 11.8 Å². The molecule has 1 aromatic carbocycles. The maximum atomic E-state index is 12.4. The van der Waals surface area contributed by atoms with Crippen LogP contribution in [0.25, 0.3) is 0 Å². The van der Waals surface area contributed by atoms with Gasteiger partial charge in [0.05, 0.1) is 23.2 Å². The van der Waals surface area contributed by atoms with E-state index in [9.17, 15) is 4.79 Å². The molecule has 0 bridgehead atoms. The number of amides is 1. The van der Waals surface area contributed by atoms with Gasteiger partial charge in [-0.25, -0.2) is 0 Å². The standard InChI is InChI=1S/C13H18N2O2S/c14-10-4-1-2-5-11(10)15(7-8-16)13(17)12-6-3-9-18-12/h1-2,4-5,12,16H,3,6-9,14H2. The lowest BCUT2D eigenvalue weighted by Crippen LogP contribution is -2.39. The number of aliphatic hydroxyl groups excluding tert-OH is 1. The van der Waals surface area contributed by atoms with Gasteiger partial charge in [0, 0.05) is 6.54 Å². The molecule has 0 spiro atoms. The summed E-state index contributed by atoms with van der Waals surface area (Å²) in [5, 5.41) is 9.15. The van der Waals surface area contributed by atoms with Crippen molar-refractivity contribution in [3.63, 3.8) is 0 Å². The average Bonchev–Trinajstić information content (AvgIpc) is 2.90. The number of aliphatic hydroxyl groups is 1. The van der Waals surface area contributed by atoms with Gasteiger partial charge in [-0.2, -0.15) is 0 Å². The van der Waals surface area contributed by atoms with E-state index in [0.29, 0.717) is 17.9 Å². The van der Waals surface area contributed by atoms with Crippen molar-refractivity contribution < 1.29 is 9.90 Å². The smallest absolute Gasteiger partial charge is 0.240 e. The number of hydrogen-bond donors (Lipinski definition) is 2. The summed E-state index contributed by atoms with van der Waals surface area (Å²) in [6.07, 6.45) is 2.00. The average molecular weight is 266 g/mol. The predicted molar refractivity (Wildman–Crippen MR) is 75.8 cm³/mol. The molecule has 1 atom stereocenters. The zero-order chi connectivity index (χ0) is 13.0. The maximum absolute atomic E-state index is 12.4. The van der Waals surface area contributed by atoms with Crippen molar-refractivity contribution in [3.05, 3.63) is 24.3 Å². The summed E-state index contributed by atoms with van der Waals surface area (Å²) in [6, 6.07) is 7.28. The van der Waals surface area contributed by atoms with Crippen LogP contribution in [0, 0.1) is 0 Å². The third kappa shape index (κ3) is 2.79. The Morgan fingerprint density at radius 1 is 1.50 bits per heavy atom. The molecule has 0 aliphatic carbocycles. The Balaban J connectivity index is 2.22. The number of nitrogen functional groups attached to an aromatic ring is 1. The minimum atomic E-state index is -0.0581. The van der Waals surface area contributed by atoms with Crippen LogP contribution in [0.5, 0.6) is 0 Å². The molecule has 5 heteroatoms. The SMILES string of the molecule is Nc1ccccc1N(CCO)C(=O)C1CCCS1. The largest absolute Gasteiger partial charge is 0.397 e. The molecule has 3 N–H and O–H groups in total. The predicted octanol–water partition coefficient (Wildman–Crippen LogP) is 1.49. The number of nitrogens with two attached hydrogens (primary N) is 1. The van der Waals surface area contributed by atoms with Crippen LogP contribution in [-0.2, 0) is 4.79 Å². The van der Waals surface area contributed by atoms with Gasteiger partial charge in [-0.05, 0) is 30.7 Å². The van der Waals surface area contributed by atoms with E-state index in [-0.39, 0.29) is 17.8 Å². The second-order valence-corrected chi connectivity index (χ2v) is 5.58. The molecule has 98 valence electrons. The van der Waals surface area contributed by atoms with E-state index in [1.54, 1.807) is 22.7 Å². The quantitative estimate of drug-likeness (QED) is 0.810. The van der Waals surface area contributed by atoms with Crippen molar-refractivity contribution in [3.8, 4) is 0 Å². The molecule has 1 fully saturated rings. The Kier molecular flexibility index (Phi) is 4.49. The first kappa shape index (κ1) is 13.2. The molecule has 18 heavy (non-hydrogen) atoms. The fraction of sp³-hybridized carbons (Fsp3) is 0.462. The second-order valence-electron chi connectivity index (χ2n) is 4.27. The number of rotatable bonds is 4. The summed E-state index contributed by atoms with van der Waals surface area (Å²) in [5.41, 5.74) is 7.18. The maximum Gasteiger partial charge on any atom is 0.240 e. The highest BCUT2D eigenvalue weighted by Crippen LogP contribution is 2.31. The Labute approximate surface area is 111 Å². The first-order valence-electron chi connectivity index (χ1n) is 6.12. The normalized spacial score (nSPS) is 18.8. The first-order chi connectivity index (χ1) is 8.74. The molecule has 1 unspecified atom stereocenters. The van der Waals surface area contributed by atoms with Crippen LogP contribution in [0.4, 0.5) is 11.4 Å². The highest BCUT2D eigenvalue weighted by molar-refractivity contribution is 8.00. The van der Waals surface area contributed by atoms with Crippen molar-refractivity contribution in [2.24, 2.45) is 0 Å². The van der Waals surface area contributed by atoms with Crippen LogP contribution in [0.15, 0.2) is 24.3 Å². The monoisotopic (exact) mass is 266 g/mol. The molecule has 0 radical (unpaired) electrons. The number of benzene rings is 1. The third-order valence-electron chi connectivity index (χ3n) is 3.02. The Morgan fingerprint density at radius 2 is 2.28 bits per heavy atom. The van der Waals surface area contributed by atoms with E-state index in [2.05, 4.69) is 0 Å². The number of thioether (sulfide) groups is 1. The summed E-state index contributed by atoms with van der Waals surface area (Å²) in [6.45, 7) is 0.238. The lowest BCUT2D eigenvalue weighted by atomic mass is 10.2. The number of para-hydroxylation sites is 2. The Morgan fingerprint density at radius 3 is 2.89 bits per heavy atom. The van der Waals surface area contributed by atoms with Gasteiger partial charge in [0.2, 0.25) is 5.91 Å². The van der Waals surface area contributed by atoms with Crippen molar-refractivity contribution >= 4 is 29.0 Å². The number of nitrogens with zero attached hydrogens (tertiary/aromatic N) is 1. The van der Waals surface area contributed by atoms with Gasteiger partial charge in [-0.3, -0.25) is 4.79 Å². The second kappa shape index (κ2) is 6.11. The third-order valence-corrected chi connectivity index (χ3v) is 4.39. The summed E-state index contributed by atoms with van der Waals surface area (Å²) in [7, 11) is 0. The lowest BCUT2D eigenvalue weighted by molar-refractivity contribution is -0.118. The molecule has 2 rings (SSSR count). The van der Waals surface area contributed by atoms with Gasteiger partial charge >= 0.3 is 0 Å². The van der Waals surface area contributed by atoms with Gasteiger partial charge in [-0.1, -0.05) is 12.1 Å². The van der Waals surface area contributed by atoms with Crippen molar-refractivity contribution in [2.45, 2.75) is 18.1 Å². The summed E-state index contributed by atoms with van der Waals surface area (Å²) in [4.78, 5) is 14.0. The fourth-order valence-corrected chi connectivity index (χ4v) is 3.35. The number of hydrogen-bond acceptors (Lipinski definition) is 4. The molecular weight excluding hydrogens is 248 g/mol. The fourth-order valence-electron chi connectivity index (χ4n) is 2.13. The highest BCUT2D eigenvalue weighted by atomic mass is 32.2. The minimum Gasteiger partial charge on any atom is -0.397 e. The van der Waals surface area contributed by atoms with Crippen molar-refractivity contribution in [2.75, 3.05) is 29.5 Å². The van der Waals surface area contributed by atoms with E-state index in [1.807, 2.05) is 18.2 Å².